The Kier molecular flexibility index (Phi) is 3.13. The Labute approximate surface area is 75.0 Å². The van der Waals surface area contributed by atoms with Crippen molar-refractivity contribution in [3.63, 3.8) is 0 Å². The minimum absolute atomic E-state index is 0.691. The Morgan fingerprint density at radius 2 is 2.27 bits per heavy atom. The first-order valence-electron chi connectivity index (χ1n) is 3.44. The van der Waals surface area contributed by atoms with Gasteiger partial charge in [-0.05, 0) is 17.7 Å². The number of halogens is 1. The van der Waals surface area contributed by atoms with E-state index in [0.29, 0.717) is 6.54 Å². The van der Waals surface area contributed by atoms with Crippen molar-refractivity contribution < 1.29 is 0 Å². The van der Waals surface area contributed by atoms with Gasteiger partial charge < -0.3 is 0 Å². The van der Waals surface area contributed by atoms with Crippen LogP contribution >= 0.6 is 15.9 Å². The molecule has 1 rings (SSSR count). The van der Waals surface area contributed by atoms with Crippen LogP contribution in [0.2, 0.25) is 0 Å². The van der Waals surface area contributed by atoms with Crippen LogP contribution in [-0.2, 0) is 6.42 Å². The van der Waals surface area contributed by atoms with Gasteiger partial charge in [0.1, 0.15) is 0 Å². The highest BCUT2D eigenvalue weighted by molar-refractivity contribution is 9.10. The van der Waals surface area contributed by atoms with Crippen molar-refractivity contribution in [2.45, 2.75) is 6.42 Å². The van der Waals surface area contributed by atoms with Gasteiger partial charge in [0.25, 0.3) is 13.1 Å². The number of benzene rings is 1. The highest BCUT2D eigenvalue weighted by Crippen LogP contribution is 2.11. The van der Waals surface area contributed by atoms with E-state index in [1.165, 1.54) is 5.56 Å². The molecule has 1 aromatic carbocycles. The van der Waals surface area contributed by atoms with Gasteiger partial charge in [0.05, 0.1) is 0 Å². The maximum atomic E-state index is 5.03. The quantitative estimate of drug-likeness (QED) is 0.708. The Morgan fingerprint density at radius 1 is 1.45 bits per heavy atom. The van der Waals surface area contributed by atoms with Crippen molar-refractivity contribution in [1.29, 1.82) is 0 Å². The zero-order valence-corrected chi connectivity index (χ0v) is 7.71. The highest BCUT2D eigenvalue weighted by Gasteiger charge is 1.95. The average molecular weight is 211 g/mol. The van der Waals surface area contributed by atoms with Crippen LogP contribution in [-0.4, -0.2) is 6.54 Å². The Morgan fingerprint density at radius 3 is 2.91 bits per heavy atom. The third-order valence-corrected chi connectivity index (χ3v) is 1.91. The zero-order chi connectivity index (χ0) is 8.10. The van der Waals surface area contributed by atoms with E-state index in [1.807, 2.05) is 12.1 Å². The largest absolute Gasteiger partial charge is 0.267 e. The lowest BCUT2D eigenvalue weighted by Gasteiger charge is -1.93. The van der Waals surface area contributed by atoms with Gasteiger partial charge in [-0.2, -0.15) is 0 Å². The molecule has 0 N–H and O–H groups in total. The van der Waals surface area contributed by atoms with E-state index < -0.39 is 0 Å². The number of nitrogens with zero attached hydrogens (tertiary/aromatic N) is 1. The molecule has 56 valence electrons. The summed E-state index contributed by atoms with van der Waals surface area (Å²) in [5, 5.41) is 0. The van der Waals surface area contributed by atoms with Crippen molar-refractivity contribution >= 4 is 15.9 Å². The smallest absolute Gasteiger partial charge is 0.0866 e. The summed E-state index contributed by atoms with van der Waals surface area (Å²) in [4.78, 5) is 3.55. The van der Waals surface area contributed by atoms with Gasteiger partial charge in [0, 0.05) is 10.9 Å². The molecule has 0 aliphatic rings. The molecule has 2 heteroatoms. The summed E-state index contributed by atoms with van der Waals surface area (Å²) in [5.41, 5.74) is 1.26. The van der Waals surface area contributed by atoms with Gasteiger partial charge in [-0.1, -0.05) is 32.9 Å². The fourth-order valence-electron chi connectivity index (χ4n) is 0.886. The molecule has 0 saturated heterocycles. The fourth-order valence-corrected chi connectivity index (χ4v) is 1.33. The Hall–Kier alpha value is -0.810. The minimum atomic E-state index is 0.691. The molecular formula is C9H9BrN+. The van der Waals surface area contributed by atoms with Gasteiger partial charge in [0.15, 0.2) is 0 Å². The lowest BCUT2D eigenvalue weighted by molar-refractivity contribution is 1.08. The monoisotopic (exact) mass is 210 g/mol. The highest BCUT2D eigenvalue weighted by atomic mass is 79.9. The minimum Gasteiger partial charge on any atom is -0.0866 e. The molecule has 0 atom stereocenters. The third-order valence-electron chi connectivity index (χ3n) is 1.42. The third kappa shape index (κ3) is 2.73. The van der Waals surface area contributed by atoms with Gasteiger partial charge >= 0.3 is 0 Å². The van der Waals surface area contributed by atoms with E-state index in [9.17, 15) is 0 Å². The maximum Gasteiger partial charge on any atom is 0.267 e. The van der Waals surface area contributed by atoms with Crippen molar-refractivity contribution in [2.24, 2.45) is 0 Å². The van der Waals surface area contributed by atoms with Gasteiger partial charge in [-0.3, -0.25) is 0 Å². The number of rotatable bonds is 2. The Bertz CT molecular complexity index is 275. The summed E-state index contributed by atoms with van der Waals surface area (Å²) in [6.07, 6.45) is 0.913. The molecule has 0 aliphatic heterocycles. The predicted molar refractivity (Wildman–Crippen MR) is 51.0 cm³/mol. The molecule has 0 aliphatic carbocycles. The molecule has 11 heavy (non-hydrogen) atoms. The number of hydrogen-bond acceptors (Lipinski definition) is 0. The second kappa shape index (κ2) is 4.15. The molecule has 0 radical (unpaired) electrons. The first-order chi connectivity index (χ1) is 5.33. The van der Waals surface area contributed by atoms with Crippen LogP contribution in [0.15, 0.2) is 28.7 Å². The molecule has 0 amide bonds. The van der Waals surface area contributed by atoms with Crippen LogP contribution < -0.4 is 0 Å². The van der Waals surface area contributed by atoms with E-state index in [2.05, 4.69) is 32.9 Å². The first-order valence-corrected chi connectivity index (χ1v) is 4.23. The second-order valence-electron chi connectivity index (χ2n) is 2.29. The molecule has 1 aromatic rings. The van der Waals surface area contributed by atoms with Gasteiger partial charge in [-0.15, -0.1) is 0 Å². The molecule has 0 spiro atoms. The van der Waals surface area contributed by atoms with Crippen LogP contribution in [0.4, 0.5) is 0 Å². The SMILES string of the molecule is C#[N+]CCc1cccc(Br)c1. The van der Waals surface area contributed by atoms with E-state index in [0.717, 1.165) is 10.9 Å². The maximum absolute atomic E-state index is 5.03. The van der Waals surface area contributed by atoms with E-state index in [-0.39, 0.29) is 0 Å². The molecular weight excluding hydrogens is 202 g/mol. The van der Waals surface area contributed by atoms with Crippen molar-refractivity contribution in [3.05, 3.63) is 39.1 Å². The molecule has 0 bridgehead atoms. The molecule has 1 nitrogen and oxygen atoms in total. The standard InChI is InChI=1S/C9H9BrN/c1-11-6-5-8-3-2-4-9(10)7-8/h1-4,7H,5-6H2/q+1. The van der Waals surface area contributed by atoms with Crippen LogP contribution in [0.25, 0.3) is 4.85 Å². The van der Waals surface area contributed by atoms with Crippen molar-refractivity contribution in [1.82, 2.24) is 0 Å². The van der Waals surface area contributed by atoms with Crippen LogP contribution in [0, 0.1) is 6.57 Å². The lowest BCUT2D eigenvalue weighted by atomic mass is 10.2. The van der Waals surface area contributed by atoms with E-state index >= 15 is 0 Å². The van der Waals surface area contributed by atoms with Gasteiger partial charge in [0.2, 0.25) is 0 Å². The summed E-state index contributed by atoms with van der Waals surface area (Å²) in [6.45, 7) is 5.72. The van der Waals surface area contributed by atoms with E-state index in [1.54, 1.807) is 0 Å². The summed E-state index contributed by atoms with van der Waals surface area (Å²) < 4.78 is 1.10. The summed E-state index contributed by atoms with van der Waals surface area (Å²) in [6, 6.07) is 8.15. The summed E-state index contributed by atoms with van der Waals surface area (Å²) in [7, 11) is 0. The summed E-state index contributed by atoms with van der Waals surface area (Å²) >= 11 is 3.39. The molecule has 0 fully saturated rings. The van der Waals surface area contributed by atoms with Gasteiger partial charge in [-0.25, -0.2) is 0 Å². The normalized spacial score (nSPS) is 9.09. The molecule has 0 unspecified atom stereocenters. The lowest BCUT2D eigenvalue weighted by Crippen LogP contribution is -1.86. The van der Waals surface area contributed by atoms with Crippen molar-refractivity contribution in [2.75, 3.05) is 6.54 Å². The van der Waals surface area contributed by atoms with Crippen LogP contribution in [0.3, 0.4) is 0 Å². The predicted octanol–water partition coefficient (Wildman–Crippen LogP) is 2.95. The average Bonchev–Trinajstić information content (AvgIpc) is 2.01. The topological polar surface area (TPSA) is 4.36 Å². The fraction of sp³-hybridized carbons (Fsp3) is 0.222. The summed E-state index contributed by atoms with van der Waals surface area (Å²) in [5.74, 6) is 0. The van der Waals surface area contributed by atoms with E-state index in [4.69, 9.17) is 6.57 Å². The molecule has 0 heterocycles. The number of hydrogen-bond donors (Lipinski definition) is 0. The van der Waals surface area contributed by atoms with Crippen molar-refractivity contribution in [3.8, 4) is 6.57 Å². The van der Waals surface area contributed by atoms with Crippen LogP contribution in [0.1, 0.15) is 5.56 Å². The zero-order valence-electron chi connectivity index (χ0n) is 6.13. The van der Waals surface area contributed by atoms with Crippen LogP contribution in [0.5, 0.6) is 0 Å². The first kappa shape index (κ1) is 8.29. The molecule has 0 saturated carbocycles. The second-order valence-corrected chi connectivity index (χ2v) is 3.20. The Balaban J connectivity index is 2.65. The molecule has 0 aromatic heterocycles.